The lowest BCUT2D eigenvalue weighted by molar-refractivity contribution is -0.385. The van der Waals surface area contributed by atoms with Gasteiger partial charge in [-0.05, 0) is 78.2 Å². The van der Waals surface area contributed by atoms with Gasteiger partial charge < -0.3 is 25.4 Å². The number of nitrogens with zero attached hydrogens (tertiary/aromatic N) is 7. The highest BCUT2D eigenvalue weighted by molar-refractivity contribution is 7.86. The number of fused-ring (bicyclic) bond motifs is 1. The smallest absolute Gasteiger partial charge is 0.296 e. The van der Waals surface area contributed by atoms with Gasteiger partial charge in [-0.25, -0.2) is 0 Å². The molecule has 7 N–H and O–H groups in total. The van der Waals surface area contributed by atoms with E-state index in [-0.39, 0.29) is 28.4 Å². The number of phenolic OH excluding ortho intramolecular Hbond substituents is 3. The topological polar surface area (TPSA) is 362 Å². The number of aromatic hydroxyl groups is 3. The molecular weight excluding hydrogens is 869 g/mol. The fourth-order valence-corrected chi connectivity index (χ4v) is 7.22. The maximum absolute atomic E-state index is 12.4. The summed E-state index contributed by atoms with van der Waals surface area (Å²) >= 11 is 0. The molecule has 23 nitrogen and oxygen atoms in total. The average Bonchev–Trinajstić information content (AvgIpc) is 3.19. The van der Waals surface area contributed by atoms with Crippen LogP contribution in [0.3, 0.4) is 0 Å². The van der Waals surface area contributed by atoms with Crippen molar-refractivity contribution in [1.29, 1.82) is 0 Å². The quantitative estimate of drug-likeness (QED) is 0.0247. The fraction of sp³-hybridized carbons (Fsp3) is 0.0286. The minimum atomic E-state index is -5.17. The van der Waals surface area contributed by atoms with Crippen molar-refractivity contribution in [3.8, 4) is 23.0 Å². The molecule has 0 aromatic heterocycles. The van der Waals surface area contributed by atoms with E-state index < -0.39 is 101 Å². The van der Waals surface area contributed by atoms with E-state index in [0.29, 0.717) is 11.8 Å². The van der Waals surface area contributed by atoms with Crippen molar-refractivity contribution in [3.05, 3.63) is 107 Å². The Bertz CT molecular complexity index is 3180. The Hall–Kier alpha value is -7.49. The molecule has 26 heteroatoms. The van der Waals surface area contributed by atoms with Crippen LogP contribution >= 0.6 is 0 Å². The first kappa shape index (κ1) is 43.1. The number of anilines is 2. The second kappa shape index (κ2) is 16.6. The van der Waals surface area contributed by atoms with Crippen LogP contribution in [-0.2, 0) is 30.4 Å². The number of phenols is 3. The number of nitrogens with one attached hydrogen (secondary N) is 1. The average molecular weight is 895 g/mol. The van der Waals surface area contributed by atoms with Crippen LogP contribution < -0.4 is 10.1 Å². The number of non-ortho nitro benzene ring substituents is 1. The third kappa shape index (κ3) is 9.87. The molecule has 6 aromatic rings. The molecular formula is C35H26N8O15S3. The van der Waals surface area contributed by atoms with Crippen molar-refractivity contribution in [2.75, 3.05) is 12.4 Å². The molecule has 0 saturated carbocycles. The van der Waals surface area contributed by atoms with Crippen LogP contribution in [0.25, 0.3) is 10.8 Å². The summed E-state index contributed by atoms with van der Waals surface area (Å²) in [4.78, 5) is 7.66. The molecule has 0 saturated heterocycles. The molecule has 0 heterocycles. The number of ether oxygens (including phenoxy) is 1. The van der Waals surface area contributed by atoms with E-state index >= 15 is 0 Å². The Balaban J connectivity index is 1.35. The predicted molar refractivity (Wildman–Crippen MR) is 213 cm³/mol. The van der Waals surface area contributed by atoms with Gasteiger partial charge in [0, 0.05) is 30.0 Å². The highest BCUT2D eigenvalue weighted by Crippen LogP contribution is 2.47. The Kier molecular flexibility index (Phi) is 11.8. The zero-order valence-corrected chi connectivity index (χ0v) is 32.9. The third-order valence-electron chi connectivity index (χ3n) is 8.23. The Labute approximate surface area is 343 Å². The second-order valence-electron chi connectivity index (χ2n) is 12.3. The van der Waals surface area contributed by atoms with Gasteiger partial charge in [-0.2, -0.15) is 35.5 Å². The Morgan fingerprint density at radius 1 is 0.607 bits per heavy atom. The van der Waals surface area contributed by atoms with Crippen molar-refractivity contribution in [3.63, 3.8) is 0 Å². The summed E-state index contributed by atoms with van der Waals surface area (Å²) in [6.45, 7) is 0. The van der Waals surface area contributed by atoms with Gasteiger partial charge in [0.2, 0.25) is 0 Å². The Morgan fingerprint density at radius 2 is 1.16 bits per heavy atom. The molecule has 0 aliphatic heterocycles. The number of rotatable bonds is 13. The number of hydrogen-bond acceptors (Lipinski definition) is 19. The molecule has 61 heavy (non-hydrogen) atoms. The summed E-state index contributed by atoms with van der Waals surface area (Å²) < 4.78 is 108. The summed E-state index contributed by atoms with van der Waals surface area (Å²) in [6, 6.07) is 18.4. The minimum Gasteiger partial charge on any atom is -0.505 e. The van der Waals surface area contributed by atoms with Gasteiger partial charge in [-0.15, -0.1) is 20.5 Å². The van der Waals surface area contributed by atoms with Gasteiger partial charge in [0.1, 0.15) is 44.1 Å². The van der Waals surface area contributed by atoms with Crippen LogP contribution in [0.4, 0.5) is 51.2 Å². The standard InChI is InChI=1S/C35H26N8O15S3/c1-58-23-9-6-21(7-10-23)38-42-34-32(61(55,56)57)13-18-12-24(59(49,50)51)15-28(33(18)35(34)46)41-40-27-16-26(29(44)17-30(27)45)39-37-20-4-2-19(3-5-20)36-25-11-8-22(43(47)48)14-31(25)60(52,53)54/h2-17,36,44-46H,1H3,(H,49,50,51)(H,52,53,54)(H,55,56,57). The molecule has 6 rings (SSSR count). The van der Waals surface area contributed by atoms with Crippen LogP contribution in [0, 0.1) is 10.1 Å². The summed E-state index contributed by atoms with van der Waals surface area (Å²) in [5, 5.41) is 68.9. The lowest BCUT2D eigenvalue weighted by Gasteiger charge is -2.12. The maximum atomic E-state index is 12.4. The summed E-state index contributed by atoms with van der Waals surface area (Å²) in [7, 11) is -13.6. The largest absolute Gasteiger partial charge is 0.505 e. The number of azo groups is 3. The first-order valence-corrected chi connectivity index (χ1v) is 20.8. The van der Waals surface area contributed by atoms with E-state index in [1.807, 2.05) is 0 Å². The second-order valence-corrected chi connectivity index (χ2v) is 16.5. The Morgan fingerprint density at radius 3 is 1.72 bits per heavy atom. The normalized spacial score (nSPS) is 12.5. The molecule has 0 radical (unpaired) electrons. The molecule has 0 aliphatic rings. The maximum Gasteiger partial charge on any atom is 0.296 e. The number of methoxy groups -OCH3 is 1. The van der Waals surface area contributed by atoms with Gasteiger partial charge in [0.05, 0.1) is 45.1 Å². The van der Waals surface area contributed by atoms with Crippen LogP contribution in [0.2, 0.25) is 0 Å². The zero-order chi connectivity index (χ0) is 44.4. The summed E-state index contributed by atoms with van der Waals surface area (Å²) in [5.74, 6) is -1.81. The molecule has 0 spiro atoms. The lowest BCUT2D eigenvalue weighted by atomic mass is 10.1. The summed E-state index contributed by atoms with van der Waals surface area (Å²) in [6.07, 6.45) is 0. The fourth-order valence-electron chi connectivity index (χ4n) is 5.36. The van der Waals surface area contributed by atoms with Gasteiger partial charge in [0.25, 0.3) is 36.0 Å². The highest BCUT2D eigenvalue weighted by atomic mass is 32.2. The third-order valence-corrected chi connectivity index (χ3v) is 10.8. The SMILES string of the molecule is COc1ccc(N=Nc2c(S(=O)(=O)O)cc3cc(S(=O)(=O)O)cc(N=Nc4cc(N=Nc5ccc(Nc6ccc([N+](=O)[O-])cc6S(=O)(=O)O)cc5)c(O)cc4O)c3c2O)cc1. The monoisotopic (exact) mass is 894 g/mol. The van der Waals surface area contributed by atoms with E-state index in [9.17, 15) is 64.3 Å². The molecule has 0 fully saturated rings. The molecule has 0 bridgehead atoms. The van der Waals surface area contributed by atoms with Crippen LogP contribution in [-0.4, -0.2) is 66.3 Å². The van der Waals surface area contributed by atoms with Crippen LogP contribution in [0.1, 0.15) is 0 Å². The highest BCUT2D eigenvalue weighted by Gasteiger charge is 2.26. The molecule has 0 unspecified atom stereocenters. The number of nitro groups is 1. The molecule has 0 aliphatic carbocycles. The minimum absolute atomic E-state index is 0.157. The molecule has 314 valence electrons. The number of nitro benzene ring substituents is 1. The van der Waals surface area contributed by atoms with E-state index in [4.69, 9.17) is 4.74 Å². The van der Waals surface area contributed by atoms with Crippen molar-refractivity contribution in [2.24, 2.45) is 30.7 Å². The van der Waals surface area contributed by atoms with Crippen LogP contribution in [0.5, 0.6) is 23.0 Å². The first-order valence-electron chi connectivity index (χ1n) is 16.5. The van der Waals surface area contributed by atoms with Gasteiger partial charge >= 0.3 is 0 Å². The van der Waals surface area contributed by atoms with Crippen molar-refractivity contribution < 1.29 is 63.9 Å². The molecule has 0 atom stereocenters. The van der Waals surface area contributed by atoms with Gasteiger partial charge in [-0.1, -0.05) is 0 Å². The summed E-state index contributed by atoms with van der Waals surface area (Å²) in [5.41, 5.74) is -2.22. The van der Waals surface area contributed by atoms with Crippen LogP contribution in [0.15, 0.2) is 142 Å². The van der Waals surface area contributed by atoms with E-state index in [1.165, 1.54) is 55.6 Å². The van der Waals surface area contributed by atoms with E-state index in [2.05, 4.69) is 36.0 Å². The van der Waals surface area contributed by atoms with Crippen molar-refractivity contribution >= 4 is 92.3 Å². The van der Waals surface area contributed by atoms with E-state index in [1.54, 1.807) is 0 Å². The predicted octanol–water partition coefficient (Wildman–Crippen LogP) is 8.60. The van der Waals surface area contributed by atoms with Gasteiger partial charge in [0.15, 0.2) is 5.75 Å². The van der Waals surface area contributed by atoms with E-state index in [0.717, 1.165) is 42.5 Å². The first-order chi connectivity index (χ1) is 28.6. The van der Waals surface area contributed by atoms with Crippen molar-refractivity contribution in [2.45, 2.75) is 14.7 Å². The lowest BCUT2D eigenvalue weighted by Crippen LogP contribution is -2.04. The van der Waals surface area contributed by atoms with Crippen molar-refractivity contribution in [1.82, 2.24) is 0 Å². The number of hydrogen-bond donors (Lipinski definition) is 7. The number of benzene rings is 6. The van der Waals surface area contributed by atoms with Gasteiger partial charge in [-0.3, -0.25) is 23.8 Å². The molecule has 6 aromatic carbocycles. The molecule has 0 amide bonds. The zero-order valence-electron chi connectivity index (χ0n) is 30.5.